The molecule has 0 aromatic carbocycles. The van der Waals surface area contributed by atoms with Gasteiger partial charge in [-0.25, -0.2) is 0 Å². The van der Waals surface area contributed by atoms with Crippen LogP contribution in [0, 0.1) is 5.92 Å². The quantitative estimate of drug-likeness (QED) is 0.810. The molecule has 0 radical (unpaired) electrons. The Kier molecular flexibility index (Phi) is 7.21. The normalized spacial score (nSPS) is 22.0. The van der Waals surface area contributed by atoms with Crippen molar-refractivity contribution in [2.24, 2.45) is 5.92 Å². The van der Waals surface area contributed by atoms with E-state index >= 15 is 0 Å². The van der Waals surface area contributed by atoms with Crippen molar-refractivity contribution in [1.29, 1.82) is 0 Å². The summed E-state index contributed by atoms with van der Waals surface area (Å²) < 4.78 is 5.10. The monoisotopic (exact) mass is 242 g/mol. The van der Waals surface area contributed by atoms with Gasteiger partial charge in [0.25, 0.3) is 0 Å². The number of carbonyl (C=O) groups is 1. The lowest BCUT2D eigenvalue weighted by Crippen LogP contribution is -2.42. The number of morpholine rings is 1. The molecule has 2 saturated heterocycles. The fraction of sp³-hybridized carbons (Fsp3) is 0.923. The standard InChI is InChI=1S/C11H20N2O2.C2H6/c14-11-9-15-8-7-13(11)6-3-10-1-4-12-5-2-10;1-2/h10,12H,1-9H2;1-2H3. The summed E-state index contributed by atoms with van der Waals surface area (Å²) in [5.41, 5.74) is 0. The lowest BCUT2D eigenvalue weighted by molar-refractivity contribution is -0.142. The average molecular weight is 242 g/mol. The fourth-order valence-electron chi connectivity index (χ4n) is 2.30. The molecule has 0 unspecified atom stereocenters. The van der Waals surface area contributed by atoms with Crippen molar-refractivity contribution in [2.45, 2.75) is 33.1 Å². The molecule has 0 bridgehead atoms. The third kappa shape index (κ3) is 5.04. The summed E-state index contributed by atoms with van der Waals surface area (Å²) in [7, 11) is 0. The maximum atomic E-state index is 11.5. The molecular formula is C13H26N2O2. The molecule has 0 spiro atoms. The third-order valence-electron chi connectivity index (χ3n) is 3.35. The Morgan fingerprint density at radius 3 is 2.71 bits per heavy atom. The second-order valence-corrected chi connectivity index (χ2v) is 4.42. The van der Waals surface area contributed by atoms with Crippen molar-refractivity contribution in [3.05, 3.63) is 0 Å². The smallest absolute Gasteiger partial charge is 0.248 e. The van der Waals surface area contributed by atoms with E-state index in [1.54, 1.807) is 0 Å². The molecule has 0 aromatic heterocycles. The summed E-state index contributed by atoms with van der Waals surface area (Å²) in [5.74, 6) is 0.970. The van der Waals surface area contributed by atoms with Gasteiger partial charge < -0.3 is 15.0 Å². The summed E-state index contributed by atoms with van der Waals surface area (Å²) in [6.45, 7) is 8.98. The Morgan fingerprint density at radius 2 is 2.06 bits per heavy atom. The van der Waals surface area contributed by atoms with Gasteiger partial charge in [0.2, 0.25) is 5.91 Å². The van der Waals surface area contributed by atoms with Gasteiger partial charge in [-0.2, -0.15) is 0 Å². The zero-order chi connectivity index (χ0) is 12.5. The molecule has 4 heteroatoms. The van der Waals surface area contributed by atoms with Crippen LogP contribution in [0.5, 0.6) is 0 Å². The van der Waals surface area contributed by atoms with Crippen LogP contribution in [-0.4, -0.2) is 50.2 Å². The van der Waals surface area contributed by atoms with E-state index in [4.69, 9.17) is 4.74 Å². The predicted octanol–water partition coefficient (Wildman–Crippen LogP) is 1.26. The molecule has 2 aliphatic heterocycles. The van der Waals surface area contributed by atoms with Crippen LogP contribution in [0.1, 0.15) is 33.1 Å². The van der Waals surface area contributed by atoms with E-state index in [1.165, 1.54) is 12.8 Å². The van der Waals surface area contributed by atoms with Gasteiger partial charge in [-0.3, -0.25) is 4.79 Å². The van der Waals surface area contributed by atoms with E-state index in [0.29, 0.717) is 6.61 Å². The van der Waals surface area contributed by atoms with Crippen molar-refractivity contribution in [3.8, 4) is 0 Å². The second-order valence-electron chi connectivity index (χ2n) is 4.42. The molecule has 1 N–H and O–H groups in total. The number of rotatable bonds is 3. The molecule has 4 nitrogen and oxygen atoms in total. The fourth-order valence-corrected chi connectivity index (χ4v) is 2.30. The van der Waals surface area contributed by atoms with E-state index in [0.717, 1.165) is 38.5 Å². The van der Waals surface area contributed by atoms with Gasteiger partial charge in [0, 0.05) is 13.1 Å². The first-order chi connectivity index (χ1) is 8.36. The van der Waals surface area contributed by atoms with Crippen LogP contribution in [0.4, 0.5) is 0 Å². The number of carbonyl (C=O) groups excluding carboxylic acids is 1. The lowest BCUT2D eigenvalue weighted by atomic mass is 9.94. The maximum Gasteiger partial charge on any atom is 0.248 e. The topological polar surface area (TPSA) is 41.6 Å². The highest BCUT2D eigenvalue weighted by atomic mass is 16.5. The summed E-state index contributed by atoms with van der Waals surface area (Å²) >= 11 is 0. The Labute approximate surface area is 105 Å². The highest BCUT2D eigenvalue weighted by Gasteiger charge is 2.20. The van der Waals surface area contributed by atoms with Gasteiger partial charge in [0.1, 0.15) is 6.61 Å². The van der Waals surface area contributed by atoms with E-state index in [1.807, 2.05) is 18.7 Å². The van der Waals surface area contributed by atoms with Crippen LogP contribution in [0.3, 0.4) is 0 Å². The number of hydrogen-bond donors (Lipinski definition) is 1. The number of amides is 1. The Bertz CT molecular complexity index is 215. The minimum atomic E-state index is 0.162. The summed E-state index contributed by atoms with van der Waals surface area (Å²) in [6.07, 6.45) is 3.69. The van der Waals surface area contributed by atoms with Gasteiger partial charge in [-0.15, -0.1) is 0 Å². The van der Waals surface area contributed by atoms with Crippen LogP contribution < -0.4 is 5.32 Å². The lowest BCUT2D eigenvalue weighted by Gasteiger charge is -2.29. The SMILES string of the molecule is CC.O=C1COCCN1CCC1CCNCC1. The molecule has 100 valence electrons. The van der Waals surface area contributed by atoms with Crippen LogP contribution in [0.2, 0.25) is 0 Å². The first-order valence-corrected chi connectivity index (χ1v) is 6.92. The van der Waals surface area contributed by atoms with Gasteiger partial charge >= 0.3 is 0 Å². The van der Waals surface area contributed by atoms with Crippen molar-refractivity contribution in [1.82, 2.24) is 10.2 Å². The predicted molar refractivity (Wildman–Crippen MR) is 69.0 cm³/mol. The number of nitrogens with one attached hydrogen (secondary N) is 1. The van der Waals surface area contributed by atoms with E-state index in [-0.39, 0.29) is 12.5 Å². The first kappa shape index (κ1) is 14.5. The zero-order valence-electron chi connectivity index (χ0n) is 11.2. The van der Waals surface area contributed by atoms with Crippen molar-refractivity contribution >= 4 is 5.91 Å². The molecule has 17 heavy (non-hydrogen) atoms. The number of piperidine rings is 1. The molecule has 2 fully saturated rings. The van der Waals surface area contributed by atoms with Crippen LogP contribution in [0.25, 0.3) is 0 Å². The Hall–Kier alpha value is -0.610. The Morgan fingerprint density at radius 1 is 1.35 bits per heavy atom. The van der Waals surface area contributed by atoms with Crippen LogP contribution >= 0.6 is 0 Å². The van der Waals surface area contributed by atoms with Crippen molar-refractivity contribution in [3.63, 3.8) is 0 Å². The van der Waals surface area contributed by atoms with Crippen molar-refractivity contribution in [2.75, 3.05) is 39.4 Å². The molecular weight excluding hydrogens is 216 g/mol. The summed E-state index contributed by atoms with van der Waals surface area (Å²) in [5, 5.41) is 3.36. The molecule has 0 atom stereocenters. The molecule has 2 rings (SSSR count). The zero-order valence-corrected chi connectivity index (χ0v) is 11.2. The number of ether oxygens (including phenoxy) is 1. The summed E-state index contributed by atoms with van der Waals surface area (Å²) in [6, 6.07) is 0. The molecule has 2 heterocycles. The average Bonchev–Trinajstić information content (AvgIpc) is 2.41. The Balaban J connectivity index is 0.000000686. The third-order valence-corrected chi connectivity index (χ3v) is 3.35. The van der Waals surface area contributed by atoms with Gasteiger partial charge in [0.05, 0.1) is 6.61 Å². The highest BCUT2D eigenvalue weighted by Crippen LogP contribution is 2.16. The van der Waals surface area contributed by atoms with Gasteiger partial charge in [0.15, 0.2) is 0 Å². The van der Waals surface area contributed by atoms with E-state index < -0.39 is 0 Å². The highest BCUT2D eigenvalue weighted by molar-refractivity contribution is 5.77. The van der Waals surface area contributed by atoms with Crippen LogP contribution in [-0.2, 0) is 9.53 Å². The maximum absolute atomic E-state index is 11.5. The molecule has 0 aromatic rings. The second kappa shape index (κ2) is 8.48. The van der Waals surface area contributed by atoms with E-state index in [2.05, 4.69) is 5.32 Å². The summed E-state index contributed by atoms with van der Waals surface area (Å²) in [4.78, 5) is 13.4. The molecule has 2 aliphatic rings. The number of hydrogen-bond acceptors (Lipinski definition) is 3. The van der Waals surface area contributed by atoms with Crippen molar-refractivity contribution < 1.29 is 9.53 Å². The van der Waals surface area contributed by atoms with Gasteiger partial charge in [-0.1, -0.05) is 13.8 Å². The molecule has 0 aliphatic carbocycles. The number of nitrogens with zero attached hydrogens (tertiary/aromatic N) is 1. The molecule has 1 amide bonds. The van der Waals surface area contributed by atoms with Gasteiger partial charge in [-0.05, 0) is 38.3 Å². The van der Waals surface area contributed by atoms with E-state index in [9.17, 15) is 4.79 Å². The largest absolute Gasteiger partial charge is 0.370 e. The van der Waals surface area contributed by atoms with Crippen LogP contribution in [0.15, 0.2) is 0 Å². The first-order valence-electron chi connectivity index (χ1n) is 6.92. The minimum Gasteiger partial charge on any atom is -0.370 e. The molecule has 0 saturated carbocycles. The minimum absolute atomic E-state index is 0.162.